The monoisotopic (exact) mass is 417 g/mol. The first-order chi connectivity index (χ1) is 13.8. The summed E-state index contributed by atoms with van der Waals surface area (Å²) < 4.78 is 28.1. The second-order valence-corrected chi connectivity index (χ2v) is 10.7. The molecule has 2 saturated heterocycles. The largest absolute Gasteiger partial charge is 0.340 e. The molecule has 1 unspecified atom stereocenters. The zero-order valence-electron chi connectivity index (χ0n) is 17.6. The highest BCUT2D eigenvalue weighted by molar-refractivity contribution is 7.88. The van der Waals surface area contributed by atoms with Crippen LogP contribution in [0.2, 0.25) is 0 Å². The van der Waals surface area contributed by atoms with Crippen LogP contribution in [0.25, 0.3) is 10.9 Å². The van der Waals surface area contributed by atoms with Gasteiger partial charge in [-0.3, -0.25) is 4.79 Å². The van der Waals surface area contributed by atoms with Crippen molar-refractivity contribution in [3.05, 3.63) is 35.5 Å². The Hall–Kier alpha value is -1.86. The normalized spacial score (nSPS) is 22.3. The molecule has 29 heavy (non-hydrogen) atoms. The molecule has 7 heteroatoms. The van der Waals surface area contributed by atoms with Crippen LogP contribution in [0, 0.1) is 12.8 Å². The van der Waals surface area contributed by atoms with E-state index in [1.807, 2.05) is 22.6 Å². The van der Waals surface area contributed by atoms with Crippen molar-refractivity contribution in [1.29, 1.82) is 0 Å². The molecule has 0 radical (unpaired) electrons. The lowest BCUT2D eigenvalue weighted by molar-refractivity contribution is 0.0612. The fourth-order valence-corrected chi connectivity index (χ4v) is 6.37. The van der Waals surface area contributed by atoms with Gasteiger partial charge >= 0.3 is 0 Å². The van der Waals surface area contributed by atoms with Gasteiger partial charge in [0.05, 0.1) is 6.26 Å². The number of rotatable bonds is 3. The number of piperidine rings is 2. The third kappa shape index (κ3) is 3.94. The molecule has 0 spiro atoms. The maximum Gasteiger partial charge on any atom is 0.270 e. The highest BCUT2D eigenvalue weighted by Crippen LogP contribution is 2.32. The molecule has 158 valence electrons. The van der Waals surface area contributed by atoms with Crippen LogP contribution in [-0.4, -0.2) is 60.0 Å². The number of fused-ring (bicyclic) bond motifs is 1. The number of aryl methyl sites for hydroxylation is 2. The maximum absolute atomic E-state index is 13.2. The molecule has 2 aliphatic heterocycles. The van der Waals surface area contributed by atoms with E-state index in [-0.39, 0.29) is 11.9 Å². The summed E-state index contributed by atoms with van der Waals surface area (Å²) in [7, 11) is -1.22. The van der Waals surface area contributed by atoms with Gasteiger partial charge in [-0.1, -0.05) is 18.1 Å². The fraction of sp³-hybridized carbons (Fsp3) is 0.591. The van der Waals surface area contributed by atoms with Crippen molar-refractivity contribution in [2.24, 2.45) is 13.0 Å². The Bertz CT molecular complexity index is 1020. The molecule has 3 heterocycles. The standard InChI is InChI=1S/C22H31N3O3S/c1-16-7-8-19-18(14-16)15-21(23(19)2)22(26)24-12-9-17(10-13-24)20-6-4-5-11-25(20)29(3,27)28/h7-8,14-15,17,20H,4-6,9-13H2,1-3H3. The van der Waals surface area contributed by atoms with E-state index in [0.717, 1.165) is 48.7 Å². The van der Waals surface area contributed by atoms with Crippen LogP contribution in [0.4, 0.5) is 0 Å². The first-order valence-electron chi connectivity index (χ1n) is 10.6. The van der Waals surface area contributed by atoms with Gasteiger partial charge in [0.15, 0.2) is 0 Å². The summed E-state index contributed by atoms with van der Waals surface area (Å²) in [6.45, 7) is 4.08. The van der Waals surface area contributed by atoms with Crippen LogP contribution < -0.4 is 0 Å². The average molecular weight is 418 g/mol. The number of hydrogen-bond acceptors (Lipinski definition) is 3. The number of hydrogen-bond donors (Lipinski definition) is 0. The Balaban J connectivity index is 1.47. The summed E-state index contributed by atoms with van der Waals surface area (Å²) >= 11 is 0. The molecule has 0 aliphatic carbocycles. The Morgan fingerprint density at radius 2 is 1.76 bits per heavy atom. The first-order valence-corrected chi connectivity index (χ1v) is 12.4. The van der Waals surface area contributed by atoms with Gasteiger partial charge in [-0.05, 0) is 56.7 Å². The third-order valence-electron chi connectivity index (χ3n) is 6.71. The van der Waals surface area contributed by atoms with Crippen molar-refractivity contribution in [3.8, 4) is 0 Å². The van der Waals surface area contributed by atoms with E-state index >= 15 is 0 Å². The van der Waals surface area contributed by atoms with Gasteiger partial charge in [0.1, 0.15) is 5.69 Å². The number of carbonyl (C=O) groups excluding carboxylic acids is 1. The van der Waals surface area contributed by atoms with Crippen molar-refractivity contribution in [1.82, 2.24) is 13.8 Å². The molecule has 4 rings (SSSR count). The van der Waals surface area contributed by atoms with E-state index in [4.69, 9.17) is 0 Å². The minimum atomic E-state index is -3.17. The maximum atomic E-state index is 13.2. The number of carbonyl (C=O) groups is 1. The van der Waals surface area contributed by atoms with Crippen LogP contribution in [0.5, 0.6) is 0 Å². The second-order valence-electron chi connectivity index (χ2n) is 8.72. The van der Waals surface area contributed by atoms with Crippen molar-refractivity contribution in [2.45, 2.75) is 45.1 Å². The van der Waals surface area contributed by atoms with Crippen LogP contribution in [0.1, 0.15) is 48.2 Å². The molecular formula is C22H31N3O3S. The van der Waals surface area contributed by atoms with Gasteiger partial charge in [0.25, 0.3) is 5.91 Å². The van der Waals surface area contributed by atoms with E-state index in [2.05, 4.69) is 25.1 Å². The minimum absolute atomic E-state index is 0.0726. The van der Waals surface area contributed by atoms with E-state index in [1.165, 1.54) is 11.8 Å². The highest BCUT2D eigenvalue weighted by Gasteiger charge is 2.37. The van der Waals surface area contributed by atoms with Crippen molar-refractivity contribution in [2.75, 3.05) is 25.9 Å². The van der Waals surface area contributed by atoms with E-state index in [0.29, 0.717) is 25.6 Å². The van der Waals surface area contributed by atoms with Gasteiger partial charge in [-0.15, -0.1) is 0 Å². The number of benzene rings is 1. The van der Waals surface area contributed by atoms with Crippen LogP contribution in [0.3, 0.4) is 0 Å². The Morgan fingerprint density at radius 1 is 1.03 bits per heavy atom. The second kappa shape index (κ2) is 7.76. The summed E-state index contributed by atoms with van der Waals surface area (Å²) in [6.07, 6.45) is 6.03. The van der Waals surface area contributed by atoms with Gasteiger partial charge in [-0.2, -0.15) is 4.31 Å². The van der Waals surface area contributed by atoms with Crippen LogP contribution >= 0.6 is 0 Å². The molecule has 2 aliphatic rings. The molecule has 6 nitrogen and oxygen atoms in total. The van der Waals surface area contributed by atoms with Gasteiger partial charge in [0.2, 0.25) is 10.0 Å². The van der Waals surface area contributed by atoms with Crippen molar-refractivity contribution >= 4 is 26.8 Å². The molecule has 0 bridgehead atoms. The van der Waals surface area contributed by atoms with E-state index < -0.39 is 10.0 Å². The van der Waals surface area contributed by atoms with Gasteiger partial charge in [0, 0.05) is 43.6 Å². The molecule has 0 N–H and O–H groups in total. The summed E-state index contributed by atoms with van der Waals surface area (Å²) in [5.74, 6) is 0.410. The molecule has 2 aromatic rings. The van der Waals surface area contributed by atoms with Crippen molar-refractivity contribution in [3.63, 3.8) is 0 Å². The molecule has 1 aromatic heterocycles. The molecule has 0 saturated carbocycles. The predicted molar refractivity (Wildman–Crippen MR) is 115 cm³/mol. The summed E-state index contributed by atoms with van der Waals surface area (Å²) in [5.41, 5.74) is 2.98. The summed E-state index contributed by atoms with van der Waals surface area (Å²) in [5, 5.41) is 1.09. The Morgan fingerprint density at radius 3 is 2.45 bits per heavy atom. The molecule has 1 amide bonds. The topological polar surface area (TPSA) is 62.6 Å². The lowest BCUT2D eigenvalue weighted by atomic mass is 9.85. The van der Waals surface area contributed by atoms with Crippen molar-refractivity contribution < 1.29 is 13.2 Å². The SMILES string of the molecule is Cc1ccc2c(c1)cc(C(=O)N1CCC(C3CCCCN3S(C)(=O)=O)CC1)n2C. The fourth-order valence-electron chi connectivity index (χ4n) is 5.14. The Labute approximate surface area is 173 Å². The number of nitrogens with zero attached hydrogens (tertiary/aromatic N) is 3. The number of likely N-dealkylation sites (tertiary alicyclic amines) is 1. The lowest BCUT2D eigenvalue weighted by Gasteiger charge is -2.42. The smallest absolute Gasteiger partial charge is 0.270 e. The van der Waals surface area contributed by atoms with E-state index in [1.54, 1.807) is 4.31 Å². The minimum Gasteiger partial charge on any atom is -0.340 e. The molecule has 2 fully saturated rings. The quantitative estimate of drug-likeness (QED) is 0.771. The molecule has 1 atom stereocenters. The van der Waals surface area contributed by atoms with Gasteiger partial charge in [-0.25, -0.2) is 8.42 Å². The summed E-state index contributed by atoms with van der Waals surface area (Å²) in [4.78, 5) is 15.1. The molecule has 1 aromatic carbocycles. The van der Waals surface area contributed by atoms with Crippen LogP contribution in [0.15, 0.2) is 24.3 Å². The van der Waals surface area contributed by atoms with E-state index in [9.17, 15) is 13.2 Å². The summed E-state index contributed by atoms with van der Waals surface area (Å²) in [6, 6.07) is 8.33. The first kappa shape index (κ1) is 20.4. The number of aromatic nitrogens is 1. The lowest BCUT2D eigenvalue weighted by Crippen LogP contribution is -2.50. The van der Waals surface area contributed by atoms with Gasteiger partial charge < -0.3 is 9.47 Å². The van der Waals surface area contributed by atoms with Crippen LogP contribution in [-0.2, 0) is 17.1 Å². The number of sulfonamides is 1. The number of amides is 1. The zero-order chi connectivity index (χ0) is 20.8. The third-order valence-corrected chi connectivity index (χ3v) is 8.02. The predicted octanol–water partition coefficient (Wildman–Crippen LogP) is 3.15. The highest BCUT2D eigenvalue weighted by atomic mass is 32.2. The molecular weight excluding hydrogens is 386 g/mol. The zero-order valence-corrected chi connectivity index (χ0v) is 18.4. The average Bonchev–Trinajstić information content (AvgIpc) is 3.02. The Kier molecular flexibility index (Phi) is 5.46.